The van der Waals surface area contributed by atoms with Crippen LogP contribution in [0.5, 0.6) is 0 Å². The summed E-state index contributed by atoms with van der Waals surface area (Å²) in [4.78, 5) is 4.35. The van der Waals surface area contributed by atoms with E-state index >= 15 is 0 Å². The molecular weight excluding hydrogens is 264 g/mol. The third kappa shape index (κ3) is 2.15. The van der Waals surface area contributed by atoms with Gasteiger partial charge in [0.25, 0.3) is 0 Å². The summed E-state index contributed by atoms with van der Waals surface area (Å²) in [7, 11) is 0. The quantitative estimate of drug-likeness (QED) is 0.898. The second kappa shape index (κ2) is 5.43. The molecule has 1 aliphatic heterocycles. The summed E-state index contributed by atoms with van der Waals surface area (Å²) in [6.07, 6.45) is 5.18. The van der Waals surface area contributed by atoms with Crippen LogP contribution in [-0.2, 0) is 6.42 Å². The summed E-state index contributed by atoms with van der Waals surface area (Å²) in [5, 5.41) is 2.26. The molecule has 1 saturated carbocycles. The van der Waals surface area contributed by atoms with E-state index in [1.807, 2.05) is 11.3 Å². The topological polar surface area (TPSA) is 29.3 Å². The lowest BCUT2D eigenvalue weighted by Crippen LogP contribution is -2.62. The molecule has 2 N–H and O–H groups in total. The molecule has 0 amide bonds. The van der Waals surface area contributed by atoms with E-state index in [0.717, 1.165) is 12.5 Å². The van der Waals surface area contributed by atoms with Crippen molar-refractivity contribution in [2.24, 2.45) is 17.6 Å². The first-order valence-corrected chi connectivity index (χ1v) is 8.99. The van der Waals surface area contributed by atoms with Crippen LogP contribution in [0.3, 0.4) is 0 Å². The van der Waals surface area contributed by atoms with Crippen LogP contribution in [0.4, 0.5) is 0 Å². The van der Waals surface area contributed by atoms with E-state index in [1.54, 1.807) is 10.4 Å². The molecule has 4 atom stereocenters. The number of nitrogens with two attached hydrogens (primary N) is 1. The molecule has 1 aromatic rings. The number of rotatable bonds is 2. The summed E-state index contributed by atoms with van der Waals surface area (Å²) < 4.78 is 0. The maximum absolute atomic E-state index is 6.34. The average molecular weight is 292 g/mol. The monoisotopic (exact) mass is 292 g/mol. The van der Waals surface area contributed by atoms with Gasteiger partial charge in [0.15, 0.2) is 0 Å². The molecule has 1 aliphatic carbocycles. The van der Waals surface area contributed by atoms with Gasteiger partial charge in [0, 0.05) is 29.5 Å². The number of fused-ring (bicyclic) bond motifs is 1. The molecular formula is C17H28N2S. The normalized spacial score (nSPS) is 38.7. The number of nitrogens with zero attached hydrogens (tertiary/aromatic N) is 1. The zero-order valence-electron chi connectivity index (χ0n) is 13.1. The first-order chi connectivity index (χ1) is 9.58. The van der Waals surface area contributed by atoms with E-state index in [1.165, 1.54) is 32.2 Å². The van der Waals surface area contributed by atoms with Crippen molar-refractivity contribution < 1.29 is 0 Å². The zero-order chi connectivity index (χ0) is 14.3. The van der Waals surface area contributed by atoms with Crippen LogP contribution >= 0.6 is 11.3 Å². The van der Waals surface area contributed by atoms with Crippen molar-refractivity contribution in [1.82, 2.24) is 4.90 Å². The highest BCUT2D eigenvalue weighted by Gasteiger charge is 2.47. The lowest BCUT2D eigenvalue weighted by atomic mass is 9.67. The Morgan fingerprint density at radius 2 is 2.15 bits per heavy atom. The fourth-order valence-electron chi connectivity index (χ4n) is 4.63. The van der Waals surface area contributed by atoms with E-state index in [0.29, 0.717) is 12.0 Å². The Kier molecular flexibility index (Phi) is 3.95. The van der Waals surface area contributed by atoms with Gasteiger partial charge in [-0.05, 0) is 55.0 Å². The van der Waals surface area contributed by atoms with Crippen LogP contribution < -0.4 is 5.73 Å². The van der Waals surface area contributed by atoms with Gasteiger partial charge < -0.3 is 5.73 Å². The van der Waals surface area contributed by atoms with Gasteiger partial charge in [0.05, 0.1) is 0 Å². The number of thiophene rings is 1. The van der Waals surface area contributed by atoms with Gasteiger partial charge in [0.1, 0.15) is 0 Å². The van der Waals surface area contributed by atoms with Gasteiger partial charge in [-0.15, -0.1) is 11.3 Å². The van der Waals surface area contributed by atoms with Crippen LogP contribution in [-0.4, -0.2) is 23.5 Å². The van der Waals surface area contributed by atoms with Gasteiger partial charge in [-0.2, -0.15) is 0 Å². The van der Waals surface area contributed by atoms with E-state index in [-0.39, 0.29) is 5.54 Å². The Morgan fingerprint density at radius 1 is 1.35 bits per heavy atom. The predicted octanol–water partition coefficient (Wildman–Crippen LogP) is 3.82. The first kappa shape index (κ1) is 14.6. The third-order valence-corrected chi connectivity index (χ3v) is 6.91. The minimum absolute atomic E-state index is 0.219. The minimum Gasteiger partial charge on any atom is -0.329 e. The molecule has 112 valence electrons. The molecule has 3 rings (SSSR count). The smallest absolute Gasteiger partial charge is 0.0365 e. The maximum Gasteiger partial charge on any atom is 0.0365 e. The summed E-state index contributed by atoms with van der Waals surface area (Å²) in [5.41, 5.74) is 8.11. The highest BCUT2D eigenvalue weighted by Crippen LogP contribution is 2.46. The Hall–Kier alpha value is -0.380. The first-order valence-electron chi connectivity index (χ1n) is 8.11. The van der Waals surface area contributed by atoms with E-state index in [2.05, 4.69) is 37.1 Å². The average Bonchev–Trinajstić information content (AvgIpc) is 2.91. The Bertz CT molecular complexity index is 469. The summed E-state index contributed by atoms with van der Waals surface area (Å²) in [5.74, 6) is 1.53. The van der Waals surface area contributed by atoms with Gasteiger partial charge in [-0.25, -0.2) is 0 Å². The Labute approximate surface area is 127 Å². The van der Waals surface area contributed by atoms with Crippen LogP contribution in [0.1, 0.15) is 56.5 Å². The molecule has 3 heteroatoms. The fraction of sp³-hybridized carbons (Fsp3) is 0.765. The van der Waals surface area contributed by atoms with Crippen LogP contribution in [0.25, 0.3) is 0 Å². The lowest BCUT2D eigenvalue weighted by Gasteiger charge is -2.55. The van der Waals surface area contributed by atoms with Gasteiger partial charge in [-0.1, -0.05) is 20.3 Å². The second-order valence-corrected chi connectivity index (χ2v) is 8.01. The second-order valence-electron chi connectivity index (χ2n) is 7.01. The van der Waals surface area contributed by atoms with Crippen LogP contribution in [0.2, 0.25) is 0 Å². The Morgan fingerprint density at radius 3 is 2.90 bits per heavy atom. The van der Waals surface area contributed by atoms with Crippen molar-refractivity contribution in [3.05, 3.63) is 21.9 Å². The van der Waals surface area contributed by atoms with Crippen LogP contribution in [0.15, 0.2) is 11.4 Å². The van der Waals surface area contributed by atoms with Crippen molar-refractivity contribution in [3.8, 4) is 0 Å². The highest BCUT2D eigenvalue weighted by molar-refractivity contribution is 7.10. The van der Waals surface area contributed by atoms with E-state index in [9.17, 15) is 0 Å². The number of hydrogen-bond acceptors (Lipinski definition) is 3. The number of hydrogen-bond donors (Lipinski definition) is 1. The summed E-state index contributed by atoms with van der Waals surface area (Å²) in [6, 6.07) is 2.86. The molecule has 0 saturated heterocycles. The van der Waals surface area contributed by atoms with Crippen molar-refractivity contribution in [3.63, 3.8) is 0 Å². The standard InChI is InChI=1S/C17H28N2S/c1-12-4-5-13(2)17(10-12,11-18)19-8-6-16-15(14(19)3)7-9-20-16/h7,9,12-14H,4-6,8,10-11,18H2,1-3H3. The molecule has 1 aromatic heterocycles. The Balaban J connectivity index is 1.93. The SMILES string of the molecule is CC1CCC(C)C(CN)(N2CCc3sccc3C2C)C1. The molecule has 0 radical (unpaired) electrons. The van der Waals surface area contributed by atoms with Crippen LogP contribution in [0, 0.1) is 11.8 Å². The van der Waals surface area contributed by atoms with E-state index in [4.69, 9.17) is 5.73 Å². The van der Waals surface area contributed by atoms with Gasteiger partial charge >= 0.3 is 0 Å². The van der Waals surface area contributed by atoms with Crippen molar-refractivity contribution in [2.45, 2.75) is 58.0 Å². The third-order valence-electron chi connectivity index (χ3n) is 5.91. The molecule has 0 aromatic carbocycles. The van der Waals surface area contributed by atoms with Crippen molar-refractivity contribution in [1.29, 1.82) is 0 Å². The summed E-state index contributed by atoms with van der Waals surface area (Å²) in [6.45, 7) is 9.20. The molecule has 2 nitrogen and oxygen atoms in total. The molecule has 0 spiro atoms. The molecule has 20 heavy (non-hydrogen) atoms. The fourth-order valence-corrected chi connectivity index (χ4v) is 5.59. The van der Waals surface area contributed by atoms with Crippen molar-refractivity contribution >= 4 is 11.3 Å². The zero-order valence-corrected chi connectivity index (χ0v) is 13.9. The van der Waals surface area contributed by atoms with Crippen molar-refractivity contribution in [2.75, 3.05) is 13.1 Å². The van der Waals surface area contributed by atoms with Gasteiger partial charge in [-0.3, -0.25) is 4.90 Å². The largest absolute Gasteiger partial charge is 0.329 e. The summed E-state index contributed by atoms with van der Waals surface area (Å²) >= 11 is 1.93. The lowest BCUT2D eigenvalue weighted by molar-refractivity contribution is -0.0328. The maximum atomic E-state index is 6.34. The molecule has 0 bridgehead atoms. The molecule has 2 aliphatic rings. The molecule has 1 fully saturated rings. The highest BCUT2D eigenvalue weighted by atomic mass is 32.1. The molecule has 2 heterocycles. The molecule has 4 unspecified atom stereocenters. The van der Waals surface area contributed by atoms with Gasteiger partial charge in [0.2, 0.25) is 0 Å². The van der Waals surface area contributed by atoms with E-state index < -0.39 is 0 Å². The predicted molar refractivity (Wildman–Crippen MR) is 87.1 cm³/mol. The minimum atomic E-state index is 0.219.